The van der Waals surface area contributed by atoms with Gasteiger partial charge in [-0.3, -0.25) is 4.79 Å². The summed E-state index contributed by atoms with van der Waals surface area (Å²) in [5.74, 6) is 0.124. The van der Waals surface area contributed by atoms with Crippen molar-refractivity contribution >= 4 is 28.4 Å². The Balaban J connectivity index is 1.56. The summed E-state index contributed by atoms with van der Waals surface area (Å²) in [4.78, 5) is 21.0. The Morgan fingerprint density at radius 1 is 1.41 bits per heavy atom. The van der Waals surface area contributed by atoms with Gasteiger partial charge in [-0.1, -0.05) is 30.0 Å². The minimum atomic E-state index is -0.214. The molecule has 2 atom stereocenters. The van der Waals surface area contributed by atoms with Crippen LogP contribution in [0.2, 0.25) is 0 Å². The number of ether oxygens (including phenoxy) is 1. The van der Waals surface area contributed by atoms with E-state index in [4.69, 9.17) is 9.72 Å². The number of Topliss-reactive ketones (excluding diaryl/α,β-unsaturated/α-hetero) is 1. The van der Waals surface area contributed by atoms with Crippen molar-refractivity contribution in [3.63, 3.8) is 0 Å². The number of hydrogen-bond acceptors (Lipinski definition) is 4. The number of fused-ring (bicyclic) bond motifs is 1. The minimum Gasteiger partial charge on any atom is -0.376 e. The van der Waals surface area contributed by atoms with Crippen LogP contribution in [0.1, 0.15) is 41.5 Å². The van der Waals surface area contributed by atoms with Crippen molar-refractivity contribution in [3.05, 3.63) is 47.4 Å². The molecule has 3 heterocycles. The molecule has 1 N–H and O–H groups in total. The highest BCUT2D eigenvalue weighted by molar-refractivity contribution is 8.00. The van der Waals surface area contributed by atoms with Gasteiger partial charge in [0.1, 0.15) is 0 Å². The second kappa shape index (κ2) is 7.52. The Morgan fingerprint density at radius 2 is 2.22 bits per heavy atom. The van der Waals surface area contributed by atoms with Crippen molar-refractivity contribution in [3.8, 4) is 0 Å². The molecule has 1 fully saturated rings. The second-order valence-corrected chi connectivity index (χ2v) is 8.49. The molecule has 1 aliphatic heterocycles. The van der Waals surface area contributed by atoms with Crippen LogP contribution in [-0.2, 0) is 11.3 Å². The van der Waals surface area contributed by atoms with Gasteiger partial charge in [0, 0.05) is 35.0 Å². The number of hydrogen-bond donors (Lipinski definition) is 1. The Bertz CT molecular complexity index is 969. The van der Waals surface area contributed by atoms with E-state index in [-0.39, 0.29) is 17.1 Å². The molecule has 0 bridgehead atoms. The molecule has 1 saturated heterocycles. The number of nitrogens with zero attached hydrogens (tertiary/aromatic N) is 2. The van der Waals surface area contributed by atoms with Gasteiger partial charge < -0.3 is 14.3 Å². The van der Waals surface area contributed by atoms with Crippen LogP contribution in [-0.4, -0.2) is 38.3 Å². The van der Waals surface area contributed by atoms with Gasteiger partial charge in [0.05, 0.1) is 23.6 Å². The van der Waals surface area contributed by atoms with Gasteiger partial charge in [0.2, 0.25) is 0 Å². The first-order valence-corrected chi connectivity index (χ1v) is 10.3. The van der Waals surface area contributed by atoms with Crippen molar-refractivity contribution in [2.75, 3.05) is 6.61 Å². The van der Waals surface area contributed by atoms with Crippen molar-refractivity contribution in [2.24, 2.45) is 0 Å². The normalized spacial score (nSPS) is 18.3. The topological polar surface area (TPSA) is 59.9 Å². The summed E-state index contributed by atoms with van der Waals surface area (Å²) < 4.78 is 8.02. The molecule has 0 amide bonds. The molecule has 0 saturated carbocycles. The molecule has 27 heavy (non-hydrogen) atoms. The fraction of sp³-hybridized carbons (Fsp3) is 0.429. The van der Waals surface area contributed by atoms with Crippen LogP contribution in [0.25, 0.3) is 10.9 Å². The summed E-state index contributed by atoms with van der Waals surface area (Å²) in [6, 6.07) is 7.92. The highest BCUT2D eigenvalue weighted by Crippen LogP contribution is 2.30. The van der Waals surface area contributed by atoms with Crippen LogP contribution >= 0.6 is 11.8 Å². The molecular formula is C21H25N3O2S. The van der Waals surface area contributed by atoms with E-state index < -0.39 is 0 Å². The summed E-state index contributed by atoms with van der Waals surface area (Å²) in [5.41, 5.74) is 3.91. The number of benzene rings is 1. The van der Waals surface area contributed by atoms with E-state index in [0.717, 1.165) is 59.0 Å². The zero-order chi connectivity index (χ0) is 19.0. The SMILES string of the molecule is Cc1nc(S[C@H](C)C(=O)c2c[nH]c3ccccc23)n(C[C@@H]2CCCO2)c1C. The molecule has 142 valence electrons. The van der Waals surface area contributed by atoms with Crippen LogP contribution in [0.15, 0.2) is 35.6 Å². The number of H-pyrrole nitrogens is 1. The Labute approximate surface area is 163 Å². The summed E-state index contributed by atoms with van der Waals surface area (Å²) in [7, 11) is 0. The third kappa shape index (κ3) is 3.56. The van der Waals surface area contributed by atoms with Gasteiger partial charge in [0.15, 0.2) is 10.9 Å². The van der Waals surface area contributed by atoms with Crippen molar-refractivity contribution in [2.45, 2.75) is 56.7 Å². The van der Waals surface area contributed by atoms with Crippen molar-refractivity contribution in [1.82, 2.24) is 14.5 Å². The predicted molar refractivity (Wildman–Crippen MR) is 109 cm³/mol. The quantitative estimate of drug-likeness (QED) is 0.502. The molecule has 1 aromatic carbocycles. The maximum Gasteiger partial charge on any atom is 0.178 e. The van der Waals surface area contributed by atoms with E-state index in [1.165, 1.54) is 11.8 Å². The van der Waals surface area contributed by atoms with Gasteiger partial charge in [-0.2, -0.15) is 0 Å². The number of ketones is 1. The summed E-state index contributed by atoms with van der Waals surface area (Å²) in [6.45, 7) is 7.73. The fourth-order valence-electron chi connectivity index (χ4n) is 3.63. The molecule has 0 unspecified atom stereocenters. The van der Waals surface area contributed by atoms with Gasteiger partial charge >= 0.3 is 0 Å². The number of para-hydroxylation sites is 1. The standard InChI is InChI=1S/C21H25N3O2S/c1-13-14(2)24(12-16-7-6-10-26-16)21(23-13)27-15(3)20(25)18-11-22-19-9-5-4-8-17(18)19/h4-5,8-9,11,15-16,22H,6-7,10,12H2,1-3H3/t15-,16+/m1/s1. The van der Waals surface area contributed by atoms with Gasteiger partial charge in [-0.05, 0) is 39.7 Å². The molecule has 1 aliphatic rings. The van der Waals surface area contributed by atoms with Crippen molar-refractivity contribution in [1.29, 1.82) is 0 Å². The Kier molecular flexibility index (Phi) is 5.10. The number of imidazole rings is 1. The number of rotatable bonds is 6. The van der Waals surface area contributed by atoms with Crippen LogP contribution in [0, 0.1) is 13.8 Å². The predicted octanol–water partition coefficient (Wildman–Crippen LogP) is 4.52. The number of aryl methyl sites for hydroxylation is 1. The number of thioether (sulfide) groups is 1. The number of nitrogens with one attached hydrogen (secondary N) is 1. The molecule has 6 heteroatoms. The molecule has 3 aromatic rings. The van der Waals surface area contributed by atoms with Gasteiger partial charge in [0.25, 0.3) is 0 Å². The third-order valence-corrected chi connectivity index (χ3v) is 6.43. The maximum atomic E-state index is 13.1. The molecule has 5 nitrogen and oxygen atoms in total. The van der Waals surface area contributed by atoms with Crippen LogP contribution in [0.3, 0.4) is 0 Å². The number of carbonyl (C=O) groups is 1. The lowest BCUT2D eigenvalue weighted by Crippen LogP contribution is -2.19. The number of aromatic amines is 1. The highest BCUT2D eigenvalue weighted by atomic mass is 32.2. The number of carbonyl (C=O) groups excluding carboxylic acids is 1. The van der Waals surface area contributed by atoms with Gasteiger partial charge in [-0.15, -0.1) is 0 Å². The van der Waals surface area contributed by atoms with E-state index in [1.807, 2.05) is 44.3 Å². The first-order chi connectivity index (χ1) is 13.0. The first kappa shape index (κ1) is 18.3. The maximum absolute atomic E-state index is 13.1. The minimum absolute atomic E-state index is 0.124. The zero-order valence-corrected chi connectivity index (χ0v) is 16.8. The second-order valence-electron chi connectivity index (χ2n) is 7.18. The Hall–Kier alpha value is -2.05. The molecule has 4 rings (SSSR count). The van der Waals surface area contributed by atoms with Crippen molar-refractivity contribution < 1.29 is 9.53 Å². The highest BCUT2D eigenvalue weighted by Gasteiger charge is 2.25. The summed E-state index contributed by atoms with van der Waals surface area (Å²) in [6.07, 6.45) is 4.27. The van der Waals surface area contributed by atoms with Crippen LogP contribution < -0.4 is 0 Å². The average Bonchev–Trinajstić information content (AvgIpc) is 3.38. The van der Waals surface area contributed by atoms with Gasteiger partial charge in [-0.25, -0.2) is 4.98 Å². The van der Waals surface area contributed by atoms with E-state index in [1.54, 1.807) is 0 Å². The lowest BCUT2D eigenvalue weighted by Gasteiger charge is -2.16. The lowest BCUT2D eigenvalue weighted by atomic mass is 10.1. The third-order valence-electron chi connectivity index (χ3n) is 5.34. The monoisotopic (exact) mass is 383 g/mol. The van der Waals surface area contributed by atoms with E-state index in [0.29, 0.717) is 0 Å². The Morgan fingerprint density at radius 3 is 3.00 bits per heavy atom. The zero-order valence-electron chi connectivity index (χ0n) is 16.0. The van der Waals surface area contributed by atoms with E-state index >= 15 is 0 Å². The average molecular weight is 384 g/mol. The molecule has 0 spiro atoms. The molecular weight excluding hydrogens is 358 g/mol. The van der Waals surface area contributed by atoms with E-state index in [2.05, 4.69) is 16.5 Å². The summed E-state index contributed by atoms with van der Waals surface area (Å²) in [5, 5.41) is 1.67. The smallest absolute Gasteiger partial charge is 0.178 e. The fourth-order valence-corrected chi connectivity index (χ4v) is 4.71. The molecule has 0 aliphatic carbocycles. The molecule has 0 radical (unpaired) electrons. The largest absolute Gasteiger partial charge is 0.376 e. The van der Waals surface area contributed by atoms with E-state index in [9.17, 15) is 4.79 Å². The van der Waals surface area contributed by atoms with Crippen LogP contribution in [0.5, 0.6) is 0 Å². The first-order valence-electron chi connectivity index (χ1n) is 9.47. The molecule has 2 aromatic heterocycles. The summed E-state index contributed by atoms with van der Waals surface area (Å²) >= 11 is 1.54. The van der Waals surface area contributed by atoms with Crippen LogP contribution in [0.4, 0.5) is 0 Å². The lowest BCUT2D eigenvalue weighted by molar-refractivity contribution is 0.0944. The number of aromatic nitrogens is 3.